The highest BCUT2D eigenvalue weighted by molar-refractivity contribution is 5.68. The van der Waals surface area contributed by atoms with Gasteiger partial charge in [-0.2, -0.15) is 5.26 Å². The van der Waals surface area contributed by atoms with Crippen LogP contribution in [0.3, 0.4) is 0 Å². The molecular formula is C11H13N3O4. The van der Waals surface area contributed by atoms with Crippen molar-refractivity contribution in [2.24, 2.45) is 0 Å². The van der Waals surface area contributed by atoms with Gasteiger partial charge in [0.25, 0.3) is 0 Å². The average Bonchev–Trinajstić information content (AvgIpc) is 2.37. The molecule has 0 aromatic heterocycles. The first-order valence-electron chi connectivity index (χ1n) is 5.30. The summed E-state index contributed by atoms with van der Waals surface area (Å²) in [6.45, 7) is 0.830. The van der Waals surface area contributed by atoms with Crippen molar-refractivity contribution in [2.75, 3.05) is 31.7 Å². The Hall–Kier alpha value is -2.17. The predicted octanol–water partition coefficient (Wildman–Crippen LogP) is 0.887. The number of aliphatic hydroxyl groups excluding tert-OH is 1. The second-order valence-corrected chi connectivity index (χ2v) is 3.33. The van der Waals surface area contributed by atoms with Crippen LogP contribution in [-0.4, -0.2) is 36.4 Å². The zero-order chi connectivity index (χ0) is 13.4. The number of aliphatic hydroxyl groups is 1. The van der Waals surface area contributed by atoms with Crippen molar-refractivity contribution in [1.82, 2.24) is 0 Å². The van der Waals surface area contributed by atoms with Gasteiger partial charge in [-0.05, 0) is 12.1 Å². The molecule has 7 nitrogen and oxygen atoms in total. The second-order valence-electron chi connectivity index (χ2n) is 3.33. The third-order valence-electron chi connectivity index (χ3n) is 2.14. The molecule has 0 radical (unpaired) electrons. The number of nitriles is 1. The molecule has 0 bridgehead atoms. The number of nitrogens with zero attached hydrogens (tertiary/aromatic N) is 2. The molecule has 1 aromatic rings. The summed E-state index contributed by atoms with van der Waals surface area (Å²) in [4.78, 5) is 10.3. The van der Waals surface area contributed by atoms with E-state index in [0.29, 0.717) is 13.2 Å². The fourth-order valence-electron chi connectivity index (χ4n) is 1.40. The van der Waals surface area contributed by atoms with E-state index < -0.39 is 4.92 Å². The fraction of sp³-hybridized carbons (Fsp3) is 0.364. The molecule has 0 fully saturated rings. The molecule has 0 aliphatic heterocycles. The fourth-order valence-corrected chi connectivity index (χ4v) is 1.40. The first-order valence-corrected chi connectivity index (χ1v) is 5.30. The summed E-state index contributed by atoms with van der Waals surface area (Å²) in [5.41, 5.74) is 0.0649. The molecule has 2 N–H and O–H groups in total. The van der Waals surface area contributed by atoms with Crippen molar-refractivity contribution in [1.29, 1.82) is 5.26 Å². The maximum Gasteiger partial charge on any atom is 0.309 e. The molecule has 1 aromatic carbocycles. The van der Waals surface area contributed by atoms with Gasteiger partial charge in [-0.1, -0.05) is 6.07 Å². The molecule has 96 valence electrons. The van der Waals surface area contributed by atoms with Gasteiger partial charge in [-0.25, -0.2) is 0 Å². The van der Waals surface area contributed by atoms with E-state index in [1.165, 1.54) is 12.1 Å². The summed E-state index contributed by atoms with van der Waals surface area (Å²) in [5.74, 6) is 0. The molecule has 7 heteroatoms. The number of hydrogen-bond donors (Lipinski definition) is 2. The maximum absolute atomic E-state index is 10.9. The highest BCUT2D eigenvalue weighted by Crippen LogP contribution is 2.27. The van der Waals surface area contributed by atoms with Crippen LogP contribution < -0.4 is 5.32 Å². The molecular weight excluding hydrogens is 238 g/mol. The first-order chi connectivity index (χ1) is 8.70. The molecule has 1 rings (SSSR count). The average molecular weight is 251 g/mol. The van der Waals surface area contributed by atoms with E-state index in [1.54, 1.807) is 12.1 Å². The van der Waals surface area contributed by atoms with Crippen LogP contribution in [-0.2, 0) is 4.74 Å². The van der Waals surface area contributed by atoms with Gasteiger partial charge in [0.2, 0.25) is 0 Å². The zero-order valence-corrected chi connectivity index (χ0v) is 9.63. The lowest BCUT2D eigenvalue weighted by Crippen LogP contribution is -2.12. The van der Waals surface area contributed by atoms with Crippen LogP contribution in [0.2, 0.25) is 0 Å². The number of anilines is 1. The Kier molecular flexibility index (Phi) is 5.57. The largest absolute Gasteiger partial charge is 0.394 e. The Balaban J connectivity index is 2.71. The van der Waals surface area contributed by atoms with Crippen LogP contribution in [0.5, 0.6) is 0 Å². The topological polar surface area (TPSA) is 108 Å². The summed E-state index contributed by atoms with van der Waals surface area (Å²) in [6, 6.07) is 6.28. The molecule has 0 spiro atoms. The van der Waals surface area contributed by atoms with E-state index in [2.05, 4.69) is 5.32 Å². The Morgan fingerprint density at radius 2 is 2.28 bits per heavy atom. The highest BCUT2D eigenvalue weighted by atomic mass is 16.6. The van der Waals surface area contributed by atoms with Gasteiger partial charge in [0.05, 0.1) is 24.7 Å². The Bertz CT molecular complexity index is 456. The predicted molar refractivity (Wildman–Crippen MR) is 64.2 cm³/mol. The summed E-state index contributed by atoms with van der Waals surface area (Å²) in [7, 11) is 0. The standard InChI is InChI=1S/C11H13N3O4/c12-8-9-2-1-3-10(11(9)14(16)17)13-4-6-18-7-5-15/h1-3,13,15H,4-7H2. The van der Waals surface area contributed by atoms with Gasteiger partial charge in [0.15, 0.2) is 0 Å². The van der Waals surface area contributed by atoms with Crippen LogP contribution in [0.4, 0.5) is 11.4 Å². The molecule has 0 unspecified atom stereocenters. The molecule has 0 atom stereocenters. The van der Waals surface area contributed by atoms with E-state index in [1.807, 2.05) is 0 Å². The Morgan fingerprint density at radius 1 is 1.50 bits per heavy atom. The van der Waals surface area contributed by atoms with Crippen molar-refractivity contribution in [3.63, 3.8) is 0 Å². The monoisotopic (exact) mass is 251 g/mol. The van der Waals surface area contributed by atoms with E-state index in [4.69, 9.17) is 15.1 Å². The van der Waals surface area contributed by atoms with E-state index in [0.717, 1.165) is 0 Å². The summed E-state index contributed by atoms with van der Waals surface area (Å²) < 4.78 is 5.01. The number of nitro benzene ring substituents is 1. The minimum atomic E-state index is -0.588. The van der Waals surface area contributed by atoms with Crippen LogP contribution >= 0.6 is 0 Å². The number of hydrogen-bond acceptors (Lipinski definition) is 6. The zero-order valence-electron chi connectivity index (χ0n) is 9.63. The molecule has 0 heterocycles. The Labute approximate surface area is 104 Å². The van der Waals surface area contributed by atoms with E-state index >= 15 is 0 Å². The van der Waals surface area contributed by atoms with Gasteiger partial charge >= 0.3 is 5.69 Å². The first kappa shape index (κ1) is 13.9. The van der Waals surface area contributed by atoms with Crippen LogP contribution in [0.15, 0.2) is 18.2 Å². The number of ether oxygens (including phenoxy) is 1. The molecule has 18 heavy (non-hydrogen) atoms. The van der Waals surface area contributed by atoms with Crippen molar-refractivity contribution in [3.05, 3.63) is 33.9 Å². The van der Waals surface area contributed by atoms with Gasteiger partial charge in [-0.3, -0.25) is 10.1 Å². The van der Waals surface area contributed by atoms with Crippen molar-refractivity contribution < 1.29 is 14.8 Å². The second kappa shape index (κ2) is 7.21. The summed E-state index contributed by atoms with van der Waals surface area (Å²) in [5, 5.41) is 31.0. The third kappa shape index (κ3) is 3.69. The smallest absolute Gasteiger partial charge is 0.309 e. The maximum atomic E-state index is 10.9. The lowest BCUT2D eigenvalue weighted by molar-refractivity contribution is -0.384. The lowest BCUT2D eigenvalue weighted by Gasteiger charge is -2.07. The van der Waals surface area contributed by atoms with Gasteiger partial charge in [0, 0.05) is 6.54 Å². The minimum Gasteiger partial charge on any atom is -0.394 e. The van der Waals surface area contributed by atoms with Crippen LogP contribution in [0, 0.1) is 21.4 Å². The number of para-hydroxylation sites is 1. The highest BCUT2D eigenvalue weighted by Gasteiger charge is 2.18. The number of nitro groups is 1. The number of benzene rings is 1. The van der Waals surface area contributed by atoms with Gasteiger partial charge < -0.3 is 15.2 Å². The van der Waals surface area contributed by atoms with Gasteiger partial charge in [-0.15, -0.1) is 0 Å². The normalized spacial score (nSPS) is 9.78. The SMILES string of the molecule is N#Cc1cccc(NCCOCCO)c1[N+](=O)[O-]. The quantitative estimate of drug-likeness (QED) is 0.423. The van der Waals surface area contributed by atoms with Crippen molar-refractivity contribution in [3.8, 4) is 6.07 Å². The third-order valence-corrected chi connectivity index (χ3v) is 2.14. The number of rotatable bonds is 7. The molecule has 0 aliphatic rings. The van der Waals surface area contributed by atoms with Crippen LogP contribution in [0.1, 0.15) is 5.56 Å². The molecule has 0 amide bonds. The summed E-state index contributed by atoms with van der Waals surface area (Å²) in [6.07, 6.45) is 0. The van der Waals surface area contributed by atoms with E-state index in [-0.39, 0.29) is 30.2 Å². The molecule has 0 saturated heterocycles. The van der Waals surface area contributed by atoms with Crippen molar-refractivity contribution in [2.45, 2.75) is 0 Å². The molecule has 0 saturated carbocycles. The minimum absolute atomic E-state index is 0.0151. The lowest BCUT2D eigenvalue weighted by atomic mass is 10.1. The van der Waals surface area contributed by atoms with Crippen molar-refractivity contribution >= 4 is 11.4 Å². The van der Waals surface area contributed by atoms with E-state index in [9.17, 15) is 10.1 Å². The summed E-state index contributed by atoms with van der Waals surface area (Å²) >= 11 is 0. The van der Waals surface area contributed by atoms with Crippen LogP contribution in [0.25, 0.3) is 0 Å². The van der Waals surface area contributed by atoms with Gasteiger partial charge in [0.1, 0.15) is 17.3 Å². The number of nitrogens with one attached hydrogen (secondary N) is 1. The molecule has 0 aliphatic carbocycles. The Morgan fingerprint density at radius 3 is 2.89 bits per heavy atom.